The van der Waals surface area contributed by atoms with Gasteiger partial charge >= 0.3 is 0 Å². The lowest BCUT2D eigenvalue weighted by atomic mass is 10.2. The van der Waals surface area contributed by atoms with Crippen LogP contribution in [0.15, 0.2) is 24.3 Å². The van der Waals surface area contributed by atoms with Crippen LogP contribution in [0.4, 0.5) is 0 Å². The molecule has 0 aliphatic carbocycles. The van der Waals surface area contributed by atoms with Gasteiger partial charge < -0.3 is 5.32 Å². The van der Waals surface area contributed by atoms with Crippen LogP contribution >= 0.6 is 11.6 Å². The molecule has 0 aliphatic heterocycles. The Morgan fingerprint density at radius 3 is 2.55 bits per heavy atom. The van der Waals surface area contributed by atoms with E-state index in [4.69, 9.17) is 11.6 Å². The Bertz CT molecular complexity index is 587. The van der Waals surface area contributed by atoms with E-state index in [1.165, 1.54) is 5.56 Å². The van der Waals surface area contributed by atoms with Gasteiger partial charge in [0.15, 0.2) is 0 Å². The molecule has 1 aromatic heterocycles. The Morgan fingerprint density at radius 1 is 1.25 bits per heavy atom. The predicted octanol–water partition coefficient (Wildman–Crippen LogP) is 3.89. The molecule has 1 heterocycles. The van der Waals surface area contributed by atoms with E-state index in [-0.39, 0.29) is 0 Å². The maximum Gasteiger partial charge on any atom is 0.0835 e. The molecule has 3 nitrogen and oxygen atoms in total. The van der Waals surface area contributed by atoms with Crippen molar-refractivity contribution in [2.24, 2.45) is 5.92 Å². The van der Waals surface area contributed by atoms with Crippen LogP contribution < -0.4 is 5.32 Å². The van der Waals surface area contributed by atoms with E-state index in [1.54, 1.807) is 0 Å². The number of hydrogen-bond donors (Lipinski definition) is 1. The molecule has 1 N–H and O–H groups in total. The fraction of sp³-hybridized carbons (Fsp3) is 0.438. The molecule has 2 aromatic rings. The molecule has 0 saturated heterocycles. The standard InChI is InChI=1S/C16H22ClN3/c1-11(2)9-18-10-14-5-6-16(15(17)8-14)20-13(4)7-12(3)19-20/h5-8,11,18H,9-10H2,1-4H3. The van der Waals surface area contributed by atoms with E-state index in [1.807, 2.05) is 30.7 Å². The first-order chi connectivity index (χ1) is 9.47. The van der Waals surface area contributed by atoms with Crippen LogP contribution in [0.3, 0.4) is 0 Å². The molecule has 1 aromatic carbocycles. The van der Waals surface area contributed by atoms with Gasteiger partial charge in [0.2, 0.25) is 0 Å². The topological polar surface area (TPSA) is 29.9 Å². The average molecular weight is 292 g/mol. The number of rotatable bonds is 5. The van der Waals surface area contributed by atoms with Crippen molar-refractivity contribution in [1.29, 1.82) is 0 Å². The summed E-state index contributed by atoms with van der Waals surface area (Å²) in [5, 5.41) is 8.63. The van der Waals surface area contributed by atoms with Crippen molar-refractivity contribution < 1.29 is 0 Å². The zero-order valence-corrected chi connectivity index (χ0v) is 13.3. The Kier molecular flexibility index (Phi) is 4.84. The number of benzene rings is 1. The molecule has 0 aliphatic rings. The van der Waals surface area contributed by atoms with Crippen LogP contribution in [0.5, 0.6) is 0 Å². The van der Waals surface area contributed by atoms with Crippen molar-refractivity contribution in [3.05, 3.63) is 46.2 Å². The molecule has 0 amide bonds. The van der Waals surface area contributed by atoms with E-state index in [0.717, 1.165) is 35.2 Å². The van der Waals surface area contributed by atoms with Gasteiger partial charge in [-0.15, -0.1) is 0 Å². The van der Waals surface area contributed by atoms with Crippen molar-refractivity contribution in [3.8, 4) is 5.69 Å². The smallest absolute Gasteiger partial charge is 0.0835 e. The molecule has 0 spiro atoms. The van der Waals surface area contributed by atoms with Gasteiger partial charge in [-0.2, -0.15) is 5.10 Å². The van der Waals surface area contributed by atoms with E-state index >= 15 is 0 Å². The van der Waals surface area contributed by atoms with Gasteiger partial charge in [0.05, 0.1) is 16.4 Å². The average Bonchev–Trinajstić information content (AvgIpc) is 2.68. The monoisotopic (exact) mass is 291 g/mol. The summed E-state index contributed by atoms with van der Waals surface area (Å²) < 4.78 is 1.89. The third-order valence-electron chi connectivity index (χ3n) is 3.13. The minimum absolute atomic E-state index is 0.652. The third-order valence-corrected chi connectivity index (χ3v) is 3.43. The highest BCUT2D eigenvalue weighted by Gasteiger charge is 2.08. The van der Waals surface area contributed by atoms with Crippen LogP contribution in [0.1, 0.15) is 30.8 Å². The largest absolute Gasteiger partial charge is 0.312 e. The molecule has 0 fully saturated rings. The lowest BCUT2D eigenvalue weighted by Crippen LogP contribution is -2.19. The minimum Gasteiger partial charge on any atom is -0.312 e. The number of halogens is 1. The molecular formula is C16H22ClN3. The summed E-state index contributed by atoms with van der Waals surface area (Å²) in [4.78, 5) is 0. The summed E-state index contributed by atoms with van der Waals surface area (Å²) in [6.45, 7) is 10.3. The zero-order chi connectivity index (χ0) is 14.7. The molecule has 0 unspecified atom stereocenters. The Labute approximate surface area is 126 Å². The van der Waals surface area contributed by atoms with Crippen molar-refractivity contribution in [3.63, 3.8) is 0 Å². The highest BCUT2D eigenvalue weighted by atomic mass is 35.5. The van der Waals surface area contributed by atoms with Crippen LogP contribution in [-0.2, 0) is 6.54 Å². The maximum atomic E-state index is 6.40. The summed E-state index contributed by atoms with van der Waals surface area (Å²) in [6, 6.07) is 8.20. The summed E-state index contributed by atoms with van der Waals surface area (Å²) >= 11 is 6.40. The number of nitrogens with zero attached hydrogens (tertiary/aromatic N) is 2. The van der Waals surface area contributed by atoms with E-state index in [2.05, 4.69) is 36.4 Å². The number of aryl methyl sites for hydroxylation is 2. The number of nitrogens with one attached hydrogen (secondary N) is 1. The quantitative estimate of drug-likeness (QED) is 0.906. The summed E-state index contributed by atoms with van der Waals surface area (Å²) in [7, 11) is 0. The van der Waals surface area contributed by atoms with Crippen molar-refractivity contribution in [2.45, 2.75) is 34.2 Å². The van der Waals surface area contributed by atoms with Gasteiger partial charge in [0, 0.05) is 12.2 Å². The SMILES string of the molecule is Cc1cc(C)n(-c2ccc(CNCC(C)C)cc2Cl)n1. The van der Waals surface area contributed by atoms with E-state index in [0.29, 0.717) is 5.92 Å². The second-order valence-electron chi connectivity index (χ2n) is 5.65. The van der Waals surface area contributed by atoms with Crippen molar-refractivity contribution >= 4 is 11.6 Å². The van der Waals surface area contributed by atoms with Crippen LogP contribution in [0, 0.1) is 19.8 Å². The fourth-order valence-electron chi connectivity index (χ4n) is 2.21. The Hall–Kier alpha value is -1.32. The molecule has 4 heteroatoms. The molecule has 0 bridgehead atoms. The second-order valence-corrected chi connectivity index (χ2v) is 6.06. The Morgan fingerprint density at radius 2 is 2.00 bits per heavy atom. The van der Waals surface area contributed by atoms with Gasteiger partial charge in [0.25, 0.3) is 0 Å². The van der Waals surface area contributed by atoms with Gasteiger partial charge in [-0.3, -0.25) is 0 Å². The molecule has 0 atom stereocenters. The second kappa shape index (κ2) is 6.42. The summed E-state index contributed by atoms with van der Waals surface area (Å²) in [5.41, 5.74) is 4.22. The highest BCUT2D eigenvalue weighted by molar-refractivity contribution is 6.32. The van der Waals surface area contributed by atoms with Gasteiger partial charge in [-0.25, -0.2) is 4.68 Å². The molecular weight excluding hydrogens is 270 g/mol. The molecule has 0 radical (unpaired) electrons. The zero-order valence-electron chi connectivity index (χ0n) is 12.6. The van der Waals surface area contributed by atoms with Gasteiger partial charge in [-0.05, 0) is 50.1 Å². The van der Waals surface area contributed by atoms with Crippen LogP contribution in [0.25, 0.3) is 5.69 Å². The van der Waals surface area contributed by atoms with E-state index < -0.39 is 0 Å². The van der Waals surface area contributed by atoms with Crippen LogP contribution in [0.2, 0.25) is 5.02 Å². The van der Waals surface area contributed by atoms with Gasteiger partial charge in [0.1, 0.15) is 0 Å². The summed E-state index contributed by atoms with van der Waals surface area (Å²) in [6.07, 6.45) is 0. The first-order valence-electron chi connectivity index (χ1n) is 7.00. The normalized spacial score (nSPS) is 11.3. The molecule has 0 saturated carbocycles. The van der Waals surface area contributed by atoms with Crippen molar-refractivity contribution in [1.82, 2.24) is 15.1 Å². The van der Waals surface area contributed by atoms with E-state index in [9.17, 15) is 0 Å². The van der Waals surface area contributed by atoms with Crippen molar-refractivity contribution in [2.75, 3.05) is 6.54 Å². The lowest BCUT2D eigenvalue weighted by Gasteiger charge is -2.11. The third kappa shape index (κ3) is 3.62. The molecule has 2 rings (SSSR count). The molecule has 108 valence electrons. The highest BCUT2D eigenvalue weighted by Crippen LogP contribution is 2.23. The molecule has 20 heavy (non-hydrogen) atoms. The van der Waals surface area contributed by atoms with Gasteiger partial charge in [-0.1, -0.05) is 31.5 Å². The van der Waals surface area contributed by atoms with Crippen LogP contribution in [-0.4, -0.2) is 16.3 Å². The first-order valence-corrected chi connectivity index (χ1v) is 7.38. The predicted molar refractivity (Wildman–Crippen MR) is 84.6 cm³/mol. The minimum atomic E-state index is 0.652. The Balaban J connectivity index is 2.16. The number of aromatic nitrogens is 2. The summed E-state index contributed by atoms with van der Waals surface area (Å²) in [5.74, 6) is 0.652. The fourth-order valence-corrected chi connectivity index (χ4v) is 2.49. The maximum absolute atomic E-state index is 6.40. The first kappa shape index (κ1) is 15.1. The lowest BCUT2D eigenvalue weighted by molar-refractivity contribution is 0.552. The number of hydrogen-bond acceptors (Lipinski definition) is 2.